The zero-order valence-electron chi connectivity index (χ0n) is 8.63. The number of carbonyl (C=O) groups is 1. The number of carbonyl (C=O) groups excluding carboxylic acids is 1. The largest absolute Gasteiger partial charge is 0.370 e. The maximum Gasteiger partial charge on any atom is 0.158 e. The van der Waals surface area contributed by atoms with Gasteiger partial charge in [-0.15, -0.1) is 6.58 Å². The Morgan fingerprint density at radius 1 is 1.50 bits per heavy atom. The van der Waals surface area contributed by atoms with Crippen LogP contribution in [0.4, 0.5) is 0 Å². The van der Waals surface area contributed by atoms with Crippen LogP contribution in [0.2, 0.25) is 0 Å². The summed E-state index contributed by atoms with van der Waals surface area (Å²) in [4.78, 5) is 11.3. The first-order chi connectivity index (χ1) is 6.83. The molecule has 1 N–H and O–H groups in total. The van der Waals surface area contributed by atoms with Gasteiger partial charge in [0.25, 0.3) is 0 Å². The Balaban J connectivity index is 2.06. The normalized spacial score (nSPS) is 18.0. The second-order valence-corrected chi connectivity index (χ2v) is 3.63. The third kappa shape index (κ3) is 4.53. The van der Waals surface area contributed by atoms with Crippen LogP contribution in [0, 0.1) is 0 Å². The zero-order chi connectivity index (χ0) is 10.2. The summed E-state index contributed by atoms with van der Waals surface area (Å²) >= 11 is 0. The van der Waals surface area contributed by atoms with Crippen molar-refractivity contribution in [3.63, 3.8) is 0 Å². The van der Waals surface area contributed by atoms with Gasteiger partial charge in [0, 0.05) is 6.42 Å². The van der Waals surface area contributed by atoms with E-state index in [1.165, 1.54) is 0 Å². The molecular weight excluding hydrogens is 178 g/mol. The second kappa shape index (κ2) is 6.74. The SMILES string of the molecule is C=CCCC(=O)COC1CCNCC1. The smallest absolute Gasteiger partial charge is 0.158 e. The average molecular weight is 197 g/mol. The fourth-order valence-corrected chi connectivity index (χ4v) is 1.51. The molecule has 0 spiro atoms. The van der Waals surface area contributed by atoms with Gasteiger partial charge in [0.15, 0.2) is 5.78 Å². The number of rotatable bonds is 6. The topological polar surface area (TPSA) is 38.3 Å². The standard InChI is InChI=1S/C11H19NO2/c1-2-3-4-10(13)9-14-11-5-7-12-8-6-11/h2,11-12H,1,3-9H2. The van der Waals surface area contributed by atoms with E-state index >= 15 is 0 Å². The maximum absolute atomic E-state index is 11.3. The quantitative estimate of drug-likeness (QED) is 0.652. The number of ether oxygens (including phenoxy) is 1. The van der Waals surface area contributed by atoms with E-state index in [1.54, 1.807) is 6.08 Å². The lowest BCUT2D eigenvalue weighted by Gasteiger charge is -2.22. The van der Waals surface area contributed by atoms with Crippen molar-refractivity contribution in [1.82, 2.24) is 5.32 Å². The van der Waals surface area contributed by atoms with Crippen LogP contribution in [0.1, 0.15) is 25.7 Å². The fraction of sp³-hybridized carbons (Fsp3) is 0.727. The summed E-state index contributed by atoms with van der Waals surface area (Å²) < 4.78 is 5.52. The van der Waals surface area contributed by atoms with Gasteiger partial charge in [-0.2, -0.15) is 0 Å². The Kier molecular flexibility index (Phi) is 5.49. The van der Waals surface area contributed by atoms with Gasteiger partial charge in [0.05, 0.1) is 6.10 Å². The molecule has 0 saturated carbocycles. The molecule has 80 valence electrons. The molecular formula is C11H19NO2. The van der Waals surface area contributed by atoms with Gasteiger partial charge in [-0.3, -0.25) is 4.79 Å². The lowest BCUT2D eigenvalue weighted by atomic mass is 10.1. The molecule has 1 aliphatic heterocycles. The summed E-state index contributed by atoms with van der Waals surface area (Å²) in [6, 6.07) is 0. The van der Waals surface area contributed by atoms with Crippen LogP contribution in [0.15, 0.2) is 12.7 Å². The summed E-state index contributed by atoms with van der Waals surface area (Å²) in [5.74, 6) is 0.184. The van der Waals surface area contributed by atoms with Gasteiger partial charge in [-0.05, 0) is 32.4 Å². The molecule has 3 heteroatoms. The first-order valence-electron chi connectivity index (χ1n) is 5.28. The van der Waals surface area contributed by atoms with Crippen molar-refractivity contribution in [2.24, 2.45) is 0 Å². The van der Waals surface area contributed by atoms with Crippen molar-refractivity contribution in [2.45, 2.75) is 31.8 Å². The zero-order valence-corrected chi connectivity index (χ0v) is 8.63. The minimum absolute atomic E-state index is 0.184. The van der Waals surface area contributed by atoms with E-state index in [0.29, 0.717) is 6.42 Å². The lowest BCUT2D eigenvalue weighted by molar-refractivity contribution is -0.126. The first-order valence-corrected chi connectivity index (χ1v) is 5.28. The molecule has 0 bridgehead atoms. The molecule has 0 aromatic rings. The van der Waals surface area contributed by atoms with Gasteiger partial charge < -0.3 is 10.1 Å². The molecule has 14 heavy (non-hydrogen) atoms. The third-order valence-corrected chi connectivity index (χ3v) is 2.39. The van der Waals surface area contributed by atoms with Crippen LogP contribution in [0.5, 0.6) is 0 Å². The lowest BCUT2D eigenvalue weighted by Crippen LogP contribution is -2.33. The molecule has 0 amide bonds. The van der Waals surface area contributed by atoms with Gasteiger partial charge in [0.2, 0.25) is 0 Å². The highest BCUT2D eigenvalue weighted by Crippen LogP contribution is 2.07. The van der Waals surface area contributed by atoms with E-state index in [2.05, 4.69) is 11.9 Å². The predicted molar refractivity (Wildman–Crippen MR) is 56.3 cm³/mol. The summed E-state index contributed by atoms with van der Waals surface area (Å²) in [7, 11) is 0. The van der Waals surface area contributed by atoms with Crippen molar-refractivity contribution in [3.8, 4) is 0 Å². The van der Waals surface area contributed by atoms with E-state index in [9.17, 15) is 4.79 Å². The number of allylic oxidation sites excluding steroid dienone is 1. The summed E-state index contributed by atoms with van der Waals surface area (Å²) in [5, 5.41) is 3.26. The van der Waals surface area contributed by atoms with E-state index < -0.39 is 0 Å². The minimum atomic E-state index is 0.184. The van der Waals surface area contributed by atoms with Gasteiger partial charge in [-0.25, -0.2) is 0 Å². The van der Waals surface area contributed by atoms with Crippen LogP contribution >= 0.6 is 0 Å². The Hall–Kier alpha value is -0.670. The number of ketones is 1. The van der Waals surface area contributed by atoms with Crippen molar-refractivity contribution < 1.29 is 9.53 Å². The number of hydrogen-bond donors (Lipinski definition) is 1. The van der Waals surface area contributed by atoms with Crippen LogP contribution in [0.3, 0.4) is 0 Å². The molecule has 0 atom stereocenters. The molecule has 0 aromatic heterocycles. The van der Waals surface area contributed by atoms with E-state index in [-0.39, 0.29) is 18.5 Å². The highest BCUT2D eigenvalue weighted by atomic mass is 16.5. The number of hydrogen-bond acceptors (Lipinski definition) is 3. The van der Waals surface area contributed by atoms with Gasteiger partial charge in [0.1, 0.15) is 6.61 Å². The Labute approximate surface area is 85.5 Å². The monoisotopic (exact) mass is 197 g/mol. The first kappa shape index (κ1) is 11.4. The van der Waals surface area contributed by atoms with Crippen molar-refractivity contribution in [3.05, 3.63) is 12.7 Å². The molecule has 0 aromatic carbocycles. The van der Waals surface area contributed by atoms with Crippen LogP contribution in [-0.2, 0) is 9.53 Å². The summed E-state index contributed by atoms with van der Waals surface area (Å²) in [6.07, 6.45) is 5.42. The highest BCUT2D eigenvalue weighted by Gasteiger charge is 2.14. The summed E-state index contributed by atoms with van der Waals surface area (Å²) in [5.41, 5.74) is 0. The molecule has 0 radical (unpaired) electrons. The minimum Gasteiger partial charge on any atom is -0.370 e. The second-order valence-electron chi connectivity index (χ2n) is 3.63. The van der Waals surface area contributed by atoms with Crippen LogP contribution < -0.4 is 5.32 Å². The van der Waals surface area contributed by atoms with Gasteiger partial charge in [-0.1, -0.05) is 6.08 Å². The molecule has 1 heterocycles. The van der Waals surface area contributed by atoms with Crippen molar-refractivity contribution in [2.75, 3.05) is 19.7 Å². The highest BCUT2D eigenvalue weighted by molar-refractivity contribution is 5.79. The molecule has 1 saturated heterocycles. The number of nitrogens with one attached hydrogen (secondary N) is 1. The number of piperidine rings is 1. The fourth-order valence-electron chi connectivity index (χ4n) is 1.51. The Bertz CT molecular complexity index is 186. The molecule has 0 unspecified atom stereocenters. The van der Waals surface area contributed by atoms with E-state index in [4.69, 9.17) is 4.74 Å². The third-order valence-electron chi connectivity index (χ3n) is 2.39. The van der Waals surface area contributed by atoms with Crippen molar-refractivity contribution in [1.29, 1.82) is 0 Å². The van der Waals surface area contributed by atoms with E-state index in [1.807, 2.05) is 0 Å². The molecule has 1 aliphatic rings. The molecule has 1 fully saturated rings. The summed E-state index contributed by atoms with van der Waals surface area (Å²) in [6.45, 7) is 5.87. The van der Waals surface area contributed by atoms with Crippen LogP contribution in [-0.4, -0.2) is 31.6 Å². The molecule has 0 aliphatic carbocycles. The maximum atomic E-state index is 11.3. The molecule has 1 rings (SSSR count). The Morgan fingerprint density at radius 2 is 2.21 bits per heavy atom. The number of Topliss-reactive ketones (excluding diaryl/α,β-unsaturated/α-hetero) is 1. The van der Waals surface area contributed by atoms with E-state index in [0.717, 1.165) is 32.4 Å². The average Bonchev–Trinajstić information content (AvgIpc) is 2.25. The predicted octanol–water partition coefficient (Wildman–Crippen LogP) is 1.29. The van der Waals surface area contributed by atoms with Crippen molar-refractivity contribution >= 4 is 5.78 Å². The Morgan fingerprint density at radius 3 is 2.86 bits per heavy atom. The molecule has 3 nitrogen and oxygen atoms in total. The van der Waals surface area contributed by atoms with Gasteiger partial charge >= 0.3 is 0 Å². The van der Waals surface area contributed by atoms with Crippen LogP contribution in [0.25, 0.3) is 0 Å².